The maximum absolute atomic E-state index is 12.2. The van der Waals surface area contributed by atoms with Crippen LogP contribution in [0, 0.1) is 0 Å². The average molecular weight is 235 g/mol. The fourth-order valence-electron chi connectivity index (χ4n) is 1.10. The summed E-state index contributed by atoms with van der Waals surface area (Å²) in [4.78, 5) is 0.492. The van der Waals surface area contributed by atoms with Crippen molar-refractivity contribution >= 4 is 17.4 Å². The van der Waals surface area contributed by atoms with E-state index >= 15 is 0 Å². The summed E-state index contributed by atoms with van der Waals surface area (Å²) in [5.41, 5.74) is 0.635. The zero-order valence-corrected chi connectivity index (χ0v) is 8.87. The Balaban J connectivity index is 2.60. The van der Waals surface area contributed by atoms with Crippen LogP contribution in [0.4, 0.5) is 18.9 Å². The lowest BCUT2D eigenvalue weighted by Crippen LogP contribution is -2.03. The number of hydrogen-bond donors (Lipinski definition) is 1. The minimum absolute atomic E-state index is 0.383. The zero-order valence-electron chi connectivity index (χ0n) is 8.05. The molecule has 0 radical (unpaired) electrons. The minimum atomic E-state index is -2.44. The van der Waals surface area contributed by atoms with Crippen molar-refractivity contribution in [1.82, 2.24) is 0 Å². The van der Waals surface area contributed by atoms with Crippen LogP contribution in [0.1, 0.15) is 6.42 Å². The van der Waals surface area contributed by atoms with Gasteiger partial charge in [0.25, 0.3) is 5.76 Å². The Morgan fingerprint density at radius 2 is 2.00 bits per heavy atom. The third kappa shape index (κ3) is 4.46. The number of nitrogens with one attached hydrogen (secondary N) is 1. The molecule has 0 heterocycles. The molecule has 0 aliphatic rings. The van der Waals surface area contributed by atoms with E-state index in [0.29, 0.717) is 35.3 Å². The second-order valence-electron chi connectivity index (χ2n) is 2.84. The predicted octanol–water partition coefficient (Wildman–Crippen LogP) is 3.77. The quantitative estimate of drug-likeness (QED) is 0.595. The molecule has 5 heteroatoms. The Labute approximate surface area is 91.1 Å². The highest BCUT2D eigenvalue weighted by Gasteiger charge is 2.08. The van der Waals surface area contributed by atoms with Gasteiger partial charge < -0.3 is 5.32 Å². The zero-order chi connectivity index (χ0) is 11.1. The number of benzene rings is 1. The summed E-state index contributed by atoms with van der Waals surface area (Å²) < 4.78 is 36.2. The number of rotatable bonds is 6. The van der Waals surface area contributed by atoms with Crippen LogP contribution in [0.15, 0.2) is 29.2 Å². The highest BCUT2D eigenvalue weighted by molar-refractivity contribution is 7.99. The lowest BCUT2D eigenvalue weighted by atomic mass is 10.3. The van der Waals surface area contributed by atoms with Crippen LogP contribution in [-0.2, 0) is 0 Å². The van der Waals surface area contributed by atoms with Crippen LogP contribution in [0.25, 0.3) is 0 Å². The Morgan fingerprint density at radius 1 is 1.27 bits per heavy atom. The summed E-state index contributed by atoms with van der Waals surface area (Å²) in [6, 6.07) is 6.79. The SMILES string of the molecule is FCCCNc1ccccc1SC(F)F. The fourth-order valence-corrected chi connectivity index (χ4v) is 1.72. The minimum Gasteiger partial charge on any atom is -0.384 e. The molecule has 1 rings (SSSR count). The molecule has 0 atom stereocenters. The normalized spacial score (nSPS) is 10.7. The summed E-state index contributed by atoms with van der Waals surface area (Å²) in [5, 5.41) is 2.93. The van der Waals surface area contributed by atoms with Gasteiger partial charge in [0.05, 0.1) is 6.67 Å². The van der Waals surface area contributed by atoms with Gasteiger partial charge in [-0.1, -0.05) is 23.9 Å². The van der Waals surface area contributed by atoms with Crippen molar-refractivity contribution in [3.05, 3.63) is 24.3 Å². The largest absolute Gasteiger partial charge is 0.384 e. The molecule has 0 saturated heterocycles. The van der Waals surface area contributed by atoms with Gasteiger partial charge in [-0.15, -0.1) is 0 Å². The first-order valence-electron chi connectivity index (χ1n) is 4.57. The molecular formula is C10H12F3NS. The standard InChI is InChI=1S/C10H12F3NS/c11-6-3-7-14-8-4-1-2-5-9(8)15-10(12)13/h1-2,4-5,10,14H,3,6-7H2. The smallest absolute Gasteiger partial charge is 0.288 e. The van der Waals surface area contributed by atoms with Gasteiger partial charge in [-0.2, -0.15) is 8.78 Å². The van der Waals surface area contributed by atoms with E-state index in [-0.39, 0.29) is 0 Å². The molecule has 0 aromatic heterocycles. The van der Waals surface area contributed by atoms with Crippen molar-refractivity contribution in [2.75, 3.05) is 18.5 Å². The molecule has 1 N–H and O–H groups in total. The van der Waals surface area contributed by atoms with E-state index in [1.54, 1.807) is 24.3 Å². The molecule has 0 fully saturated rings. The molecule has 0 amide bonds. The van der Waals surface area contributed by atoms with Crippen LogP contribution in [-0.4, -0.2) is 19.0 Å². The van der Waals surface area contributed by atoms with Gasteiger partial charge in [0.2, 0.25) is 0 Å². The number of anilines is 1. The summed E-state index contributed by atoms with van der Waals surface area (Å²) in [7, 11) is 0. The first-order valence-corrected chi connectivity index (χ1v) is 5.45. The van der Waals surface area contributed by atoms with E-state index in [9.17, 15) is 13.2 Å². The Kier molecular flexibility index (Phi) is 5.39. The first-order chi connectivity index (χ1) is 7.24. The van der Waals surface area contributed by atoms with Crippen LogP contribution in [0.5, 0.6) is 0 Å². The second-order valence-corrected chi connectivity index (χ2v) is 3.88. The fraction of sp³-hybridized carbons (Fsp3) is 0.400. The second kappa shape index (κ2) is 6.61. The molecule has 15 heavy (non-hydrogen) atoms. The molecule has 1 aromatic rings. The molecule has 0 aliphatic carbocycles. The number of para-hydroxylation sites is 1. The lowest BCUT2D eigenvalue weighted by Gasteiger charge is -2.10. The number of thioether (sulfide) groups is 1. The van der Waals surface area contributed by atoms with Crippen molar-refractivity contribution in [1.29, 1.82) is 0 Å². The van der Waals surface area contributed by atoms with Gasteiger partial charge in [0.1, 0.15) is 0 Å². The molecule has 1 aromatic carbocycles. The summed E-state index contributed by atoms with van der Waals surface area (Å²) >= 11 is 0.494. The summed E-state index contributed by atoms with van der Waals surface area (Å²) in [6.45, 7) is 0.0501. The molecule has 0 aliphatic heterocycles. The van der Waals surface area contributed by atoms with Gasteiger partial charge in [-0.25, -0.2) is 0 Å². The summed E-state index contributed by atoms with van der Waals surface area (Å²) in [6.07, 6.45) is 0.383. The van der Waals surface area contributed by atoms with E-state index in [4.69, 9.17) is 0 Å². The maximum atomic E-state index is 12.2. The Bertz CT molecular complexity index is 294. The van der Waals surface area contributed by atoms with Crippen molar-refractivity contribution in [2.24, 2.45) is 0 Å². The third-order valence-electron chi connectivity index (χ3n) is 1.73. The topological polar surface area (TPSA) is 12.0 Å². The molecule has 0 spiro atoms. The molecule has 84 valence electrons. The van der Waals surface area contributed by atoms with Crippen molar-refractivity contribution < 1.29 is 13.2 Å². The molecule has 0 unspecified atom stereocenters. The Hall–Kier alpha value is -0.840. The van der Waals surface area contributed by atoms with E-state index in [2.05, 4.69) is 5.32 Å². The average Bonchev–Trinajstić information content (AvgIpc) is 2.20. The number of alkyl halides is 3. The van der Waals surface area contributed by atoms with Crippen molar-refractivity contribution in [3.63, 3.8) is 0 Å². The Morgan fingerprint density at radius 3 is 2.67 bits per heavy atom. The van der Waals surface area contributed by atoms with Crippen LogP contribution < -0.4 is 5.32 Å². The number of halogens is 3. The molecular weight excluding hydrogens is 223 g/mol. The van der Waals surface area contributed by atoms with E-state index in [0.717, 1.165) is 0 Å². The van der Waals surface area contributed by atoms with E-state index in [1.807, 2.05) is 0 Å². The highest BCUT2D eigenvalue weighted by atomic mass is 32.2. The van der Waals surface area contributed by atoms with Crippen LogP contribution in [0.3, 0.4) is 0 Å². The van der Waals surface area contributed by atoms with Gasteiger partial charge in [0.15, 0.2) is 0 Å². The molecule has 0 saturated carbocycles. The van der Waals surface area contributed by atoms with Gasteiger partial charge >= 0.3 is 0 Å². The van der Waals surface area contributed by atoms with Gasteiger partial charge in [0, 0.05) is 17.1 Å². The third-order valence-corrected chi connectivity index (χ3v) is 2.52. The highest BCUT2D eigenvalue weighted by Crippen LogP contribution is 2.31. The summed E-state index contributed by atoms with van der Waals surface area (Å²) in [5.74, 6) is -2.44. The van der Waals surface area contributed by atoms with Crippen molar-refractivity contribution in [2.45, 2.75) is 17.1 Å². The monoisotopic (exact) mass is 235 g/mol. The van der Waals surface area contributed by atoms with Gasteiger partial charge in [-0.3, -0.25) is 4.39 Å². The maximum Gasteiger partial charge on any atom is 0.288 e. The van der Waals surface area contributed by atoms with E-state index in [1.165, 1.54) is 0 Å². The van der Waals surface area contributed by atoms with Crippen LogP contribution >= 0.6 is 11.8 Å². The first kappa shape index (κ1) is 12.2. The molecule has 1 nitrogen and oxygen atoms in total. The predicted molar refractivity (Wildman–Crippen MR) is 57.4 cm³/mol. The van der Waals surface area contributed by atoms with E-state index < -0.39 is 12.4 Å². The molecule has 0 bridgehead atoms. The lowest BCUT2D eigenvalue weighted by molar-refractivity contribution is 0.252. The number of hydrogen-bond acceptors (Lipinski definition) is 2. The van der Waals surface area contributed by atoms with Crippen LogP contribution in [0.2, 0.25) is 0 Å². The van der Waals surface area contributed by atoms with Crippen molar-refractivity contribution in [3.8, 4) is 0 Å². The van der Waals surface area contributed by atoms with Gasteiger partial charge in [-0.05, 0) is 18.6 Å².